The van der Waals surface area contributed by atoms with Gasteiger partial charge in [0, 0.05) is 11.6 Å². The van der Waals surface area contributed by atoms with E-state index in [1.807, 2.05) is 13.8 Å². The second-order valence-corrected chi connectivity index (χ2v) is 10.5. The number of ketones is 1. The smallest absolute Gasteiger partial charge is 0.227 e. The third kappa shape index (κ3) is 3.02. The molecule has 2 saturated carbocycles. The van der Waals surface area contributed by atoms with Gasteiger partial charge in [-0.05, 0) is 75.0 Å². The highest BCUT2D eigenvalue weighted by atomic mass is 16.5. The summed E-state index contributed by atoms with van der Waals surface area (Å²) in [4.78, 5) is 18.0. The van der Waals surface area contributed by atoms with Crippen LogP contribution >= 0.6 is 0 Å². The van der Waals surface area contributed by atoms with E-state index in [-0.39, 0.29) is 16.6 Å². The molecule has 0 spiro atoms. The number of aliphatic imine (C=N–C) groups is 1. The highest BCUT2D eigenvalue weighted by Crippen LogP contribution is 2.63. The van der Waals surface area contributed by atoms with Crippen LogP contribution in [0.1, 0.15) is 73.1 Å². The number of Topliss-reactive ketones (excluding diaryl/α,β-unsaturated/α-hetero) is 1. The first-order valence-electron chi connectivity index (χ1n) is 11.0. The number of hydrogen-bond donors (Lipinski definition) is 0. The zero-order valence-corrected chi connectivity index (χ0v) is 18.9. The summed E-state index contributed by atoms with van der Waals surface area (Å²) < 4.78 is 11.6. The van der Waals surface area contributed by atoms with Gasteiger partial charge in [-0.2, -0.15) is 0 Å². The van der Waals surface area contributed by atoms with Gasteiger partial charge in [0.05, 0.1) is 7.11 Å². The first-order chi connectivity index (χ1) is 13.5. The van der Waals surface area contributed by atoms with Crippen LogP contribution in [0.3, 0.4) is 0 Å². The van der Waals surface area contributed by atoms with Crippen molar-refractivity contribution < 1.29 is 14.3 Å². The summed E-state index contributed by atoms with van der Waals surface area (Å²) in [5, 5.41) is 0. The first kappa shape index (κ1) is 20.4. The quantitative estimate of drug-likeness (QED) is 0.450. The second-order valence-electron chi connectivity index (χ2n) is 10.5. The van der Waals surface area contributed by atoms with Gasteiger partial charge < -0.3 is 9.47 Å². The number of ether oxygens (including phenoxy) is 2. The fraction of sp³-hybridized carbons (Fsp3) is 0.680. The van der Waals surface area contributed by atoms with Crippen LogP contribution in [-0.4, -0.2) is 24.3 Å². The zero-order valence-electron chi connectivity index (χ0n) is 18.9. The molecule has 0 aromatic heterocycles. The van der Waals surface area contributed by atoms with E-state index in [0.717, 1.165) is 17.7 Å². The van der Waals surface area contributed by atoms with Crippen LogP contribution in [0.4, 0.5) is 0 Å². The molecule has 4 heteroatoms. The molecule has 4 atom stereocenters. The molecule has 3 aliphatic carbocycles. The van der Waals surface area contributed by atoms with Crippen LogP contribution in [0.25, 0.3) is 0 Å². The Labute approximate surface area is 175 Å². The number of methoxy groups -OCH3 is 1. The summed E-state index contributed by atoms with van der Waals surface area (Å²) in [5.74, 6) is 2.03. The standard InChI is InChI=1S/C25H35NO3/c1-15-9-8-10-20-24(15,5)12-11-16(2)25(20,6)14-17-21(27)19(28-7)13-18-22(17)29-23(3,4)26-18/h13,16,20H,1,8-12,14H2,2-7H3/t16-,20+,24+,25+/m0/s1. The lowest BCUT2D eigenvalue weighted by atomic mass is 9.46. The minimum atomic E-state index is -0.650. The Morgan fingerprint density at radius 1 is 1.28 bits per heavy atom. The molecular formula is C25H35NO3. The van der Waals surface area contributed by atoms with Gasteiger partial charge in [-0.3, -0.25) is 4.79 Å². The molecule has 1 aliphatic heterocycles. The summed E-state index contributed by atoms with van der Waals surface area (Å²) in [6, 6.07) is 0. The summed E-state index contributed by atoms with van der Waals surface area (Å²) >= 11 is 0. The van der Waals surface area contributed by atoms with Crippen LogP contribution in [0.2, 0.25) is 0 Å². The summed E-state index contributed by atoms with van der Waals surface area (Å²) in [7, 11) is 1.56. The zero-order chi connectivity index (χ0) is 21.2. The van der Waals surface area contributed by atoms with E-state index in [2.05, 4.69) is 32.3 Å². The molecule has 2 fully saturated rings. The Morgan fingerprint density at radius 2 is 2.00 bits per heavy atom. The molecule has 0 N–H and O–H groups in total. The summed E-state index contributed by atoms with van der Waals surface area (Å²) in [6.07, 6.45) is 8.33. The Hall–Kier alpha value is -1.84. The van der Waals surface area contributed by atoms with Crippen molar-refractivity contribution in [2.75, 3.05) is 7.11 Å². The number of hydrogen-bond acceptors (Lipinski definition) is 4. The van der Waals surface area contributed by atoms with Crippen molar-refractivity contribution in [2.45, 2.75) is 78.9 Å². The normalized spacial score (nSPS) is 38.7. The van der Waals surface area contributed by atoms with Gasteiger partial charge in [-0.1, -0.05) is 32.9 Å². The fourth-order valence-electron chi connectivity index (χ4n) is 6.38. The molecule has 0 saturated heterocycles. The second kappa shape index (κ2) is 6.58. The molecule has 0 radical (unpaired) electrons. The van der Waals surface area contributed by atoms with Gasteiger partial charge in [0.25, 0.3) is 0 Å². The molecule has 158 valence electrons. The van der Waals surface area contributed by atoms with E-state index < -0.39 is 5.72 Å². The highest BCUT2D eigenvalue weighted by molar-refractivity contribution is 6.23. The van der Waals surface area contributed by atoms with Gasteiger partial charge >= 0.3 is 0 Å². The van der Waals surface area contributed by atoms with E-state index >= 15 is 0 Å². The van der Waals surface area contributed by atoms with Crippen molar-refractivity contribution in [3.8, 4) is 0 Å². The number of nitrogens with zero attached hydrogens (tertiary/aromatic N) is 1. The lowest BCUT2D eigenvalue weighted by Gasteiger charge is -2.59. The van der Waals surface area contributed by atoms with E-state index in [9.17, 15) is 4.79 Å². The molecule has 4 aliphatic rings. The third-order valence-electron chi connectivity index (χ3n) is 8.36. The average Bonchev–Trinajstić information content (AvgIpc) is 2.97. The van der Waals surface area contributed by atoms with E-state index in [4.69, 9.17) is 9.47 Å². The fourth-order valence-corrected chi connectivity index (χ4v) is 6.38. The molecule has 0 aromatic carbocycles. The lowest BCUT2D eigenvalue weighted by molar-refractivity contribution is -0.116. The largest absolute Gasteiger partial charge is 0.493 e. The van der Waals surface area contributed by atoms with Gasteiger partial charge in [-0.15, -0.1) is 0 Å². The number of carbonyl (C=O) groups is 1. The summed E-state index contributed by atoms with van der Waals surface area (Å²) in [6.45, 7) is 15.5. The van der Waals surface area contributed by atoms with E-state index in [1.54, 1.807) is 13.2 Å². The van der Waals surface area contributed by atoms with Gasteiger partial charge in [0.2, 0.25) is 5.78 Å². The molecule has 4 nitrogen and oxygen atoms in total. The third-order valence-corrected chi connectivity index (χ3v) is 8.36. The molecule has 0 bridgehead atoms. The molecule has 0 aromatic rings. The molecule has 0 unspecified atom stereocenters. The van der Waals surface area contributed by atoms with Crippen LogP contribution in [0.5, 0.6) is 0 Å². The van der Waals surface area contributed by atoms with Crippen LogP contribution in [0, 0.1) is 22.7 Å². The topological polar surface area (TPSA) is 47.9 Å². The maximum absolute atomic E-state index is 13.3. The van der Waals surface area contributed by atoms with Gasteiger partial charge in [0.15, 0.2) is 17.2 Å². The average molecular weight is 398 g/mol. The Kier molecular flexibility index (Phi) is 4.64. The summed E-state index contributed by atoms with van der Waals surface area (Å²) in [5.41, 5.74) is 2.40. The molecule has 4 rings (SSSR count). The number of rotatable bonds is 3. The van der Waals surface area contributed by atoms with Crippen molar-refractivity contribution in [1.29, 1.82) is 0 Å². The minimum absolute atomic E-state index is 0.00570. The first-order valence-corrected chi connectivity index (χ1v) is 11.0. The van der Waals surface area contributed by atoms with Crippen molar-refractivity contribution in [3.63, 3.8) is 0 Å². The van der Waals surface area contributed by atoms with Crippen molar-refractivity contribution in [1.82, 2.24) is 0 Å². The molecule has 0 amide bonds. The van der Waals surface area contributed by atoms with E-state index in [0.29, 0.717) is 29.8 Å². The number of carbonyl (C=O) groups excluding carboxylic acids is 1. The highest BCUT2D eigenvalue weighted by Gasteiger charge is 2.55. The van der Waals surface area contributed by atoms with Crippen LogP contribution in [0.15, 0.2) is 40.3 Å². The molecular weight excluding hydrogens is 362 g/mol. The van der Waals surface area contributed by atoms with Gasteiger partial charge in [-0.25, -0.2) is 4.99 Å². The van der Waals surface area contributed by atoms with Crippen molar-refractivity contribution >= 4 is 11.5 Å². The predicted octanol–water partition coefficient (Wildman–Crippen LogP) is 5.75. The van der Waals surface area contributed by atoms with E-state index in [1.165, 1.54) is 31.3 Å². The van der Waals surface area contributed by atoms with Crippen molar-refractivity contribution in [2.24, 2.45) is 27.7 Å². The van der Waals surface area contributed by atoms with Gasteiger partial charge in [0.1, 0.15) is 5.71 Å². The predicted molar refractivity (Wildman–Crippen MR) is 115 cm³/mol. The SMILES string of the molecule is C=C1CCC[C@H]2[C@](C)(CC3=C4OC(C)(C)N=C4C=C(OC)C3=O)[C@@H](C)CC[C@]12C. The minimum Gasteiger partial charge on any atom is -0.493 e. The number of fused-ring (bicyclic) bond motifs is 2. The lowest BCUT2D eigenvalue weighted by Crippen LogP contribution is -2.50. The monoisotopic (exact) mass is 397 g/mol. The Morgan fingerprint density at radius 3 is 2.69 bits per heavy atom. The molecule has 1 heterocycles. The molecule has 29 heavy (non-hydrogen) atoms. The number of allylic oxidation sites excluding steroid dienone is 3. The maximum atomic E-state index is 13.3. The van der Waals surface area contributed by atoms with Crippen LogP contribution < -0.4 is 0 Å². The Balaban J connectivity index is 1.77. The maximum Gasteiger partial charge on any atom is 0.227 e. The van der Waals surface area contributed by atoms with Crippen LogP contribution in [-0.2, 0) is 14.3 Å². The Bertz CT molecular complexity index is 861. The van der Waals surface area contributed by atoms with Crippen molar-refractivity contribution in [3.05, 3.63) is 35.3 Å².